The Morgan fingerprint density at radius 1 is 1.24 bits per heavy atom. The van der Waals surface area contributed by atoms with Crippen LogP contribution in [0, 0.1) is 0 Å². The van der Waals surface area contributed by atoms with Crippen molar-refractivity contribution in [2.75, 3.05) is 7.11 Å². The fourth-order valence-corrected chi connectivity index (χ4v) is 1.36. The van der Waals surface area contributed by atoms with E-state index in [-0.39, 0.29) is 0 Å². The number of hydrogen-bond acceptors (Lipinski definition) is 3. The third kappa shape index (κ3) is 2.25. The van der Waals surface area contributed by atoms with Crippen LogP contribution in [-0.2, 0) is 0 Å². The highest BCUT2D eigenvalue weighted by atomic mass is 19.4. The monoisotopic (exact) mass is 242 g/mol. The lowest BCUT2D eigenvalue weighted by atomic mass is 9.87. The van der Waals surface area contributed by atoms with Crippen LogP contribution < -0.4 is 10.3 Å². The largest absolute Gasteiger partial charge is 0.531 e. The Bertz CT molecular complexity index is 526. The summed E-state index contributed by atoms with van der Waals surface area (Å²) in [5, 5.41) is 6.54. The zero-order valence-corrected chi connectivity index (χ0v) is 8.85. The molecule has 0 radical (unpaired) electrons. The van der Waals surface area contributed by atoms with E-state index in [1.807, 2.05) is 0 Å². The molecular formula is C9H8BF3N3O-. The average Bonchev–Trinajstić information content (AvgIpc) is 2.77. The van der Waals surface area contributed by atoms with Gasteiger partial charge in [0, 0.05) is 11.8 Å². The van der Waals surface area contributed by atoms with Gasteiger partial charge in [-0.05, 0) is 12.1 Å². The fourth-order valence-electron chi connectivity index (χ4n) is 1.36. The molecule has 1 heterocycles. The molecule has 1 aromatic heterocycles. The summed E-state index contributed by atoms with van der Waals surface area (Å²) in [7, 11) is 1.43. The molecule has 2 rings (SSSR count). The van der Waals surface area contributed by atoms with Gasteiger partial charge in [0.1, 0.15) is 11.4 Å². The second-order valence-corrected chi connectivity index (χ2v) is 3.33. The zero-order chi connectivity index (χ0) is 12.5. The number of nitrogens with zero attached hydrogens (tertiary/aromatic N) is 3. The Morgan fingerprint density at radius 3 is 2.53 bits per heavy atom. The maximum Gasteiger partial charge on any atom is 0.531 e. The molecule has 0 atom stereocenters. The Balaban J connectivity index is 2.44. The summed E-state index contributed by atoms with van der Waals surface area (Å²) in [5.41, 5.74) is -0.565. The first-order chi connectivity index (χ1) is 8.02. The van der Waals surface area contributed by atoms with Crippen molar-refractivity contribution in [2.24, 2.45) is 0 Å². The predicted molar refractivity (Wildman–Crippen MR) is 56.6 cm³/mol. The Hall–Kier alpha value is -1.99. The van der Waals surface area contributed by atoms with Gasteiger partial charge in [-0.15, -0.1) is 0 Å². The van der Waals surface area contributed by atoms with E-state index in [9.17, 15) is 12.9 Å². The van der Waals surface area contributed by atoms with Crippen LogP contribution in [0.5, 0.6) is 5.75 Å². The van der Waals surface area contributed by atoms with Gasteiger partial charge in [-0.25, -0.2) is 4.68 Å². The van der Waals surface area contributed by atoms with Crippen molar-refractivity contribution in [3.8, 4) is 11.4 Å². The van der Waals surface area contributed by atoms with Gasteiger partial charge in [-0.1, -0.05) is 17.3 Å². The van der Waals surface area contributed by atoms with E-state index in [4.69, 9.17) is 4.74 Å². The smallest absolute Gasteiger partial charge is 0.494 e. The molecule has 0 fully saturated rings. The molecule has 17 heavy (non-hydrogen) atoms. The standard InChI is InChI=1S/C9H8BF3N3O/c1-17-8-5-3-2-4-7(8)16-6-9(14-15-16)10(11,12)13/h2-6H,1H3/q-1. The molecule has 1 aromatic carbocycles. The van der Waals surface area contributed by atoms with E-state index in [0.717, 1.165) is 10.9 Å². The number of para-hydroxylation sites is 2. The van der Waals surface area contributed by atoms with E-state index in [2.05, 4.69) is 10.3 Å². The number of aromatic nitrogens is 3. The molecule has 2 aromatic rings. The number of ether oxygens (including phenoxy) is 1. The third-order valence-electron chi connectivity index (χ3n) is 2.18. The summed E-state index contributed by atoms with van der Waals surface area (Å²) in [4.78, 5) is 0. The minimum absolute atomic E-state index is 0.411. The second-order valence-electron chi connectivity index (χ2n) is 3.33. The first kappa shape index (κ1) is 11.5. The maximum absolute atomic E-state index is 12.4. The highest BCUT2D eigenvalue weighted by Crippen LogP contribution is 2.20. The Morgan fingerprint density at radius 2 is 1.94 bits per heavy atom. The number of halogens is 3. The summed E-state index contributed by atoms with van der Waals surface area (Å²) in [6, 6.07) is 6.63. The third-order valence-corrected chi connectivity index (χ3v) is 2.18. The van der Waals surface area contributed by atoms with Crippen LogP contribution >= 0.6 is 0 Å². The van der Waals surface area contributed by atoms with Crippen LogP contribution in [0.3, 0.4) is 0 Å². The van der Waals surface area contributed by atoms with E-state index in [1.54, 1.807) is 24.3 Å². The van der Waals surface area contributed by atoms with Crippen LogP contribution in [0.2, 0.25) is 0 Å². The van der Waals surface area contributed by atoms with Gasteiger partial charge in [-0.3, -0.25) is 0 Å². The van der Waals surface area contributed by atoms with Crippen molar-refractivity contribution in [3.05, 3.63) is 30.5 Å². The molecular weight excluding hydrogens is 234 g/mol. The van der Waals surface area contributed by atoms with Gasteiger partial charge in [-0.2, -0.15) is 5.10 Å². The van der Waals surface area contributed by atoms with E-state index >= 15 is 0 Å². The van der Waals surface area contributed by atoms with Crippen LogP contribution in [0.15, 0.2) is 30.5 Å². The van der Waals surface area contributed by atoms with Crippen LogP contribution in [0.25, 0.3) is 5.69 Å². The summed E-state index contributed by atoms with van der Waals surface area (Å²) < 4.78 is 43.3. The molecule has 90 valence electrons. The summed E-state index contributed by atoms with van der Waals surface area (Å²) in [6.07, 6.45) is 0.845. The summed E-state index contributed by atoms with van der Waals surface area (Å²) >= 11 is 0. The van der Waals surface area contributed by atoms with E-state index in [1.165, 1.54) is 7.11 Å². The highest BCUT2D eigenvalue weighted by Gasteiger charge is 2.29. The first-order valence-corrected chi connectivity index (χ1v) is 4.78. The first-order valence-electron chi connectivity index (χ1n) is 4.78. The lowest BCUT2D eigenvalue weighted by Crippen LogP contribution is -2.35. The van der Waals surface area contributed by atoms with Gasteiger partial charge in [0.05, 0.1) is 7.11 Å². The number of benzene rings is 1. The van der Waals surface area contributed by atoms with Crippen molar-refractivity contribution < 1.29 is 17.7 Å². The molecule has 0 amide bonds. The molecule has 0 spiro atoms. The van der Waals surface area contributed by atoms with E-state index < -0.39 is 12.6 Å². The molecule has 0 bridgehead atoms. The summed E-state index contributed by atoms with van der Waals surface area (Å²) in [5.74, 6) is 0.429. The minimum atomic E-state index is -5.13. The lowest BCUT2D eigenvalue weighted by molar-refractivity contribution is 0.411. The topological polar surface area (TPSA) is 39.9 Å². The van der Waals surface area contributed by atoms with Crippen molar-refractivity contribution in [1.29, 1.82) is 0 Å². The fraction of sp³-hybridized carbons (Fsp3) is 0.111. The average molecular weight is 242 g/mol. The quantitative estimate of drug-likeness (QED) is 0.762. The minimum Gasteiger partial charge on any atom is -0.494 e. The molecule has 0 aliphatic heterocycles. The predicted octanol–water partition coefficient (Wildman–Crippen LogP) is 1.33. The van der Waals surface area contributed by atoms with Crippen LogP contribution in [0.4, 0.5) is 12.9 Å². The number of methoxy groups -OCH3 is 1. The molecule has 0 aliphatic carbocycles. The summed E-state index contributed by atoms with van der Waals surface area (Å²) in [6.45, 7) is -5.13. The molecule has 8 heteroatoms. The van der Waals surface area contributed by atoms with E-state index in [0.29, 0.717) is 11.4 Å². The van der Waals surface area contributed by atoms with Crippen molar-refractivity contribution >= 4 is 12.6 Å². The van der Waals surface area contributed by atoms with Crippen molar-refractivity contribution in [3.63, 3.8) is 0 Å². The normalized spacial score (nSPS) is 11.5. The second kappa shape index (κ2) is 4.12. The van der Waals surface area contributed by atoms with Gasteiger partial charge < -0.3 is 17.7 Å². The van der Waals surface area contributed by atoms with Crippen molar-refractivity contribution in [1.82, 2.24) is 15.0 Å². The van der Waals surface area contributed by atoms with Crippen molar-refractivity contribution in [2.45, 2.75) is 0 Å². The Labute approximate surface area is 95.1 Å². The Kier molecular flexibility index (Phi) is 2.78. The van der Waals surface area contributed by atoms with Gasteiger partial charge in [0.25, 0.3) is 0 Å². The molecule has 0 unspecified atom stereocenters. The molecule has 0 saturated heterocycles. The number of hydrogen-bond donors (Lipinski definition) is 0. The SMILES string of the molecule is COc1ccccc1-n1cc([B-](F)(F)F)nn1. The molecule has 0 N–H and O–H groups in total. The van der Waals surface area contributed by atoms with Crippen LogP contribution in [-0.4, -0.2) is 29.1 Å². The van der Waals surface area contributed by atoms with Gasteiger partial charge in [0.2, 0.25) is 0 Å². The zero-order valence-electron chi connectivity index (χ0n) is 8.85. The maximum atomic E-state index is 12.4. The van der Waals surface area contributed by atoms with Crippen LogP contribution in [0.1, 0.15) is 0 Å². The lowest BCUT2D eigenvalue weighted by Gasteiger charge is -2.09. The molecule has 0 aliphatic rings. The van der Waals surface area contributed by atoms with Gasteiger partial charge >= 0.3 is 6.98 Å². The highest BCUT2D eigenvalue weighted by molar-refractivity contribution is 6.72. The molecule has 4 nitrogen and oxygen atoms in total. The number of rotatable bonds is 3. The van der Waals surface area contributed by atoms with Gasteiger partial charge in [0.15, 0.2) is 0 Å². The molecule has 0 saturated carbocycles.